The molecule has 148 valence electrons. The highest BCUT2D eigenvalue weighted by molar-refractivity contribution is 7.98. The fourth-order valence-corrected chi connectivity index (χ4v) is 2.88. The Labute approximate surface area is 166 Å². The van der Waals surface area contributed by atoms with E-state index in [9.17, 15) is 0 Å². The van der Waals surface area contributed by atoms with E-state index in [2.05, 4.69) is 43.6 Å². The van der Waals surface area contributed by atoms with Gasteiger partial charge in [0, 0.05) is 26.1 Å². The molecule has 0 bridgehead atoms. The van der Waals surface area contributed by atoms with Crippen LogP contribution in [0.2, 0.25) is 0 Å². The number of para-hydroxylation sites is 1. The summed E-state index contributed by atoms with van der Waals surface area (Å²) in [6, 6.07) is 9.84. The van der Waals surface area contributed by atoms with Gasteiger partial charge in [0.05, 0.1) is 6.54 Å². The smallest absolute Gasteiger partial charge is 0.191 e. The van der Waals surface area contributed by atoms with E-state index in [0.717, 1.165) is 55.8 Å². The van der Waals surface area contributed by atoms with E-state index in [1.54, 1.807) is 6.33 Å². The minimum absolute atomic E-state index is 0.584. The molecule has 0 saturated heterocycles. The summed E-state index contributed by atoms with van der Waals surface area (Å²) in [7, 11) is 0. The van der Waals surface area contributed by atoms with Crippen LogP contribution < -0.4 is 15.4 Å². The molecule has 0 amide bonds. The minimum Gasteiger partial charge on any atom is -0.492 e. The molecule has 27 heavy (non-hydrogen) atoms. The lowest BCUT2D eigenvalue weighted by Gasteiger charge is -2.14. The Morgan fingerprint density at radius 2 is 2.04 bits per heavy atom. The quantitative estimate of drug-likeness (QED) is 0.329. The SMILES string of the molecule is CCc1nncn1CCNC(=NCCCSC)NCCOc1ccccc1. The highest BCUT2D eigenvalue weighted by atomic mass is 32.2. The predicted octanol–water partition coefficient (Wildman–Crippen LogP) is 2.21. The first-order valence-electron chi connectivity index (χ1n) is 9.39. The third-order valence-electron chi connectivity index (χ3n) is 3.84. The molecule has 2 rings (SSSR count). The Hall–Kier alpha value is -2.22. The van der Waals surface area contributed by atoms with Gasteiger partial charge in [-0.25, -0.2) is 0 Å². The summed E-state index contributed by atoms with van der Waals surface area (Å²) in [5.41, 5.74) is 0. The van der Waals surface area contributed by atoms with Crippen molar-refractivity contribution >= 4 is 17.7 Å². The van der Waals surface area contributed by atoms with Crippen LogP contribution in [0.4, 0.5) is 0 Å². The average molecular weight is 391 g/mol. The summed E-state index contributed by atoms with van der Waals surface area (Å²) >= 11 is 1.85. The first-order chi connectivity index (χ1) is 13.3. The Bertz CT molecular complexity index is 661. The standard InChI is InChI=1S/C19H30N6OS/c1-3-18-24-23-16-25(18)13-11-21-19(20-10-7-15-27-2)22-12-14-26-17-8-5-4-6-9-17/h4-6,8-9,16H,3,7,10-15H2,1-2H3,(H2,20,21,22). The molecule has 1 aromatic carbocycles. The number of benzene rings is 1. The number of nitrogens with zero attached hydrogens (tertiary/aromatic N) is 4. The molecule has 2 aromatic rings. The van der Waals surface area contributed by atoms with Crippen LogP contribution >= 0.6 is 11.8 Å². The molecule has 0 fully saturated rings. The van der Waals surface area contributed by atoms with Crippen LogP contribution in [-0.2, 0) is 13.0 Å². The Morgan fingerprint density at radius 3 is 2.81 bits per heavy atom. The van der Waals surface area contributed by atoms with E-state index in [1.165, 1.54) is 0 Å². The summed E-state index contributed by atoms with van der Waals surface area (Å²) in [5.74, 6) is 3.82. The third kappa shape index (κ3) is 8.34. The number of aryl methyl sites for hydroxylation is 1. The van der Waals surface area contributed by atoms with Crippen molar-refractivity contribution in [1.82, 2.24) is 25.4 Å². The molecule has 8 heteroatoms. The molecular formula is C19H30N6OS. The molecule has 2 N–H and O–H groups in total. The molecule has 7 nitrogen and oxygen atoms in total. The van der Waals surface area contributed by atoms with Gasteiger partial charge < -0.3 is 19.9 Å². The Morgan fingerprint density at radius 1 is 1.22 bits per heavy atom. The van der Waals surface area contributed by atoms with Gasteiger partial charge in [-0.3, -0.25) is 4.99 Å². The molecule has 0 aliphatic carbocycles. The van der Waals surface area contributed by atoms with Crippen molar-refractivity contribution in [3.05, 3.63) is 42.5 Å². The number of hydrogen-bond acceptors (Lipinski definition) is 5. The number of ether oxygens (including phenoxy) is 1. The van der Waals surface area contributed by atoms with E-state index < -0.39 is 0 Å². The van der Waals surface area contributed by atoms with Crippen LogP contribution in [0.5, 0.6) is 5.75 Å². The van der Waals surface area contributed by atoms with E-state index in [-0.39, 0.29) is 0 Å². The third-order valence-corrected chi connectivity index (χ3v) is 4.54. The van der Waals surface area contributed by atoms with Gasteiger partial charge in [-0.2, -0.15) is 11.8 Å². The highest BCUT2D eigenvalue weighted by Crippen LogP contribution is 2.07. The monoisotopic (exact) mass is 390 g/mol. The Balaban J connectivity index is 1.75. The van der Waals surface area contributed by atoms with Crippen molar-refractivity contribution in [1.29, 1.82) is 0 Å². The van der Waals surface area contributed by atoms with Gasteiger partial charge in [0.2, 0.25) is 0 Å². The van der Waals surface area contributed by atoms with Gasteiger partial charge in [-0.15, -0.1) is 10.2 Å². The number of hydrogen-bond donors (Lipinski definition) is 2. The summed E-state index contributed by atoms with van der Waals surface area (Å²) in [4.78, 5) is 4.65. The second kappa shape index (κ2) is 13.0. The number of thioether (sulfide) groups is 1. The van der Waals surface area contributed by atoms with Crippen molar-refractivity contribution in [2.45, 2.75) is 26.3 Å². The van der Waals surface area contributed by atoms with Crippen molar-refractivity contribution in [3.63, 3.8) is 0 Å². The van der Waals surface area contributed by atoms with Crippen LogP contribution in [0.25, 0.3) is 0 Å². The normalized spacial score (nSPS) is 11.4. The first kappa shape index (κ1) is 21.1. The maximum atomic E-state index is 5.72. The lowest BCUT2D eigenvalue weighted by molar-refractivity contribution is 0.322. The van der Waals surface area contributed by atoms with Crippen LogP contribution in [-0.4, -0.2) is 59.0 Å². The van der Waals surface area contributed by atoms with E-state index >= 15 is 0 Å². The maximum absolute atomic E-state index is 5.72. The molecule has 0 spiro atoms. The van der Waals surface area contributed by atoms with Gasteiger partial charge in [0.1, 0.15) is 24.5 Å². The average Bonchev–Trinajstić information content (AvgIpc) is 3.16. The molecule has 0 aliphatic heterocycles. The second-order valence-corrected chi connectivity index (χ2v) is 6.87. The zero-order chi connectivity index (χ0) is 19.2. The summed E-state index contributed by atoms with van der Waals surface area (Å²) in [6.45, 7) is 5.74. The van der Waals surface area contributed by atoms with Gasteiger partial charge in [-0.05, 0) is 30.6 Å². The van der Waals surface area contributed by atoms with Crippen molar-refractivity contribution in [2.75, 3.05) is 38.2 Å². The van der Waals surface area contributed by atoms with Crippen molar-refractivity contribution in [3.8, 4) is 5.75 Å². The molecule has 0 saturated carbocycles. The van der Waals surface area contributed by atoms with Gasteiger partial charge in [-0.1, -0.05) is 25.1 Å². The number of aromatic nitrogens is 3. The number of aliphatic imine (C=N–C) groups is 1. The van der Waals surface area contributed by atoms with Crippen LogP contribution in [0, 0.1) is 0 Å². The molecule has 1 heterocycles. The molecule has 0 radical (unpaired) electrons. The van der Waals surface area contributed by atoms with Crippen molar-refractivity contribution < 1.29 is 4.74 Å². The van der Waals surface area contributed by atoms with E-state index in [4.69, 9.17) is 4.74 Å². The fraction of sp³-hybridized carbons (Fsp3) is 0.526. The summed E-state index contributed by atoms with van der Waals surface area (Å²) < 4.78 is 7.79. The van der Waals surface area contributed by atoms with Crippen molar-refractivity contribution in [2.24, 2.45) is 4.99 Å². The van der Waals surface area contributed by atoms with E-state index in [1.807, 2.05) is 42.1 Å². The van der Waals surface area contributed by atoms with Crippen LogP contribution in [0.3, 0.4) is 0 Å². The molecule has 0 aliphatic rings. The van der Waals surface area contributed by atoms with Gasteiger partial charge in [0.15, 0.2) is 5.96 Å². The second-order valence-electron chi connectivity index (χ2n) is 5.89. The Kier molecular flexibility index (Phi) is 10.2. The highest BCUT2D eigenvalue weighted by Gasteiger charge is 2.03. The zero-order valence-electron chi connectivity index (χ0n) is 16.2. The fourth-order valence-electron chi connectivity index (χ4n) is 2.46. The lowest BCUT2D eigenvalue weighted by atomic mass is 10.3. The molecule has 0 atom stereocenters. The van der Waals surface area contributed by atoms with E-state index in [0.29, 0.717) is 13.2 Å². The molecule has 0 unspecified atom stereocenters. The topological polar surface area (TPSA) is 76.4 Å². The number of guanidine groups is 1. The molecule has 1 aromatic heterocycles. The van der Waals surface area contributed by atoms with Gasteiger partial charge in [0.25, 0.3) is 0 Å². The first-order valence-corrected chi connectivity index (χ1v) is 10.8. The number of rotatable bonds is 12. The van der Waals surface area contributed by atoms with Crippen LogP contribution in [0.15, 0.2) is 41.7 Å². The zero-order valence-corrected chi connectivity index (χ0v) is 17.0. The summed E-state index contributed by atoms with van der Waals surface area (Å²) in [5, 5.41) is 14.8. The lowest BCUT2D eigenvalue weighted by Crippen LogP contribution is -2.41. The predicted molar refractivity (Wildman–Crippen MR) is 113 cm³/mol. The van der Waals surface area contributed by atoms with Crippen LogP contribution in [0.1, 0.15) is 19.2 Å². The number of nitrogens with one attached hydrogen (secondary N) is 2. The van der Waals surface area contributed by atoms with Gasteiger partial charge >= 0.3 is 0 Å². The minimum atomic E-state index is 0.584. The maximum Gasteiger partial charge on any atom is 0.191 e. The summed E-state index contributed by atoms with van der Waals surface area (Å²) in [6.07, 6.45) is 5.84. The molecular weight excluding hydrogens is 360 g/mol. The largest absolute Gasteiger partial charge is 0.492 e.